The summed E-state index contributed by atoms with van der Waals surface area (Å²) in [5.74, 6) is -0.438. The first-order valence-corrected chi connectivity index (χ1v) is 6.31. The second-order valence-electron chi connectivity index (χ2n) is 5.53. The molecule has 0 aromatic heterocycles. The quantitative estimate of drug-likeness (QED) is 0.679. The summed E-state index contributed by atoms with van der Waals surface area (Å²) >= 11 is 0. The zero-order chi connectivity index (χ0) is 12.4. The molecule has 0 amide bonds. The number of hydrogen-bond donors (Lipinski definition) is 0. The molecule has 1 saturated heterocycles. The van der Waals surface area contributed by atoms with Crippen LogP contribution in [0.5, 0.6) is 0 Å². The highest BCUT2D eigenvalue weighted by Gasteiger charge is 2.39. The lowest BCUT2D eigenvalue weighted by atomic mass is 9.76. The minimum atomic E-state index is -0.438. The van der Waals surface area contributed by atoms with Gasteiger partial charge in [0.2, 0.25) is 0 Å². The van der Waals surface area contributed by atoms with E-state index >= 15 is 0 Å². The second-order valence-corrected chi connectivity index (χ2v) is 5.53. The molecule has 1 heterocycles. The van der Waals surface area contributed by atoms with E-state index in [1.165, 1.54) is 5.57 Å². The van der Waals surface area contributed by atoms with Gasteiger partial charge in [-0.15, -0.1) is 0 Å². The van der Waals surface area contributed by atoms with Gasteiger partial charge in [0.15, 0.2) is 5.79 Å². The van der Waals surface area contributed by atoms with Crippen LogP contribution < -0.4 is 0 Å². The van der Waals surface area contributed by atoms with Crippen LogP contribution in [-0.2, 0) is 9.47 Å². The van der Waals surface area contributed by atoms with E-state index in [1.54, 1.807) is 0 Å². The molecule has 0 N–H and O–H groups in total. The summed E-state index contributed by atoms with van der Waals surface area (Å²) in [5.41, 5.74) is 1.57. The fraction of sp³-hybridized carbons (Fsp3) is 0.857. The lowest BCUT2D eigenvalue weighted by Gasteiger charge is -2.44. The topological polar surface area (TPSA) is 18.5 Å². The highest BCUT2D eigenvalue weighted by atomic mass is 16.7. The molecule has 94 valence electrons. The van der Waals surface area contributed by atoms with Gasteiger partial charge in [0.1, 0.15) is 0 Å². The molecule has 1 rings (SSSR count). The minimum absolute atomic E-state index is 0.102. The summed E-state index contributed by atoms with van der Waals surface area (Å²) in [6, 6.07) is 0. The van der Waals surface area contributed by atoms with Crippen molar-refractivity contribution in [3.8, 4) is 0 Å². The van der Waals surface area contributed by atoms with E-state index < -0.39 is 5.79 Å². The van der Waals surface area contributed by atoms with Gasteiger partial charge in [-0.05, 0) is 33.6 Å². The Morgan fingerprint density at radius 1 is 1.44 bits per heavy atom. The van der Waals surface area contributed by atoms with Crippen molar-refractivity contribution in [1.82, 2.24) is 0 Å². The summed E-state index contributed by atoms with van der Waals surface area (Å²) in [6.07, 6.45) is 4.55. The highest BCUT2D eigenvalue weighted by Crippen LogP contribution is 2.39. The molecule has 2 nitrogen and oxygen atoms in total. The summed E-state index contributed by atoms with van der Waals surface area (Å²) in [5, 5.41) is 0. The Morgan fingerprint density at radius 2 is 2.06 bits per heavy atom. The molecule has 1 fully saturated rings. The van der Waals surface area contributed by atoms with E-state index in [2.05, 4.69) is 33.8 Å². The maximum atomic E-state index is 6.06. The summed E-state index contributed by atoms with van der Waals surface area (Å²) in [6.45, 7) is 13.7. The smallest absolute Gasteiger partial charge is 0.163 e. The fourth-order valence-electron chi connectivity index (χ4n) is 2.59. The van der Waals surface area contributed by atoms with Crippen molar-refractivity contribution >= 4 is 0 Å². The van der Waals surface area contributed by atoms with E-state index in [1.807, 2.05) is 13.8 Å². The molecule has 1 aliphatic heterocycles. The van der Waals surface area contributed by atoms with Gasteiger partial charge in [0, 0.05) is 5.41 Å². The van der Waals surface area contributed by atoms with Crippen molar-refractivity contribution in [2.24, 2.45) is 5.41 Å². The number of allylic oxidation sites excluding steroid dienone is 1. The van der Waals surface area contributed by atoms with E-state index in [-0.39, 0.29) is 11.5 Å². The maximum absolute atomic E-state index is 6.06. The van der Waals surface area contributed by atoms with Gasteiger partial charge in [0.05, 0.1) is 12.7 Å². The van der Waals surface area contributed by atoms with Crippen LogP contribution in [0.15, 0.2) is 11.6 Å². The van der Waals surface area contributed by atoms with E-state index in [0.29, 0.717) is 0 Å². The van der Waals surface area contributed by atoms with Gasteiger partial charge in [-0.3, -0.25) is 0 Å². The van der Waals surface area contributed by atoms with E-state index in [9.17, 15) is 0 Å². The van der Waals surface area contributed by atoms with E-state index in [0.717, 1.165) is 19.4 Å². The van der Waals surface area contributed by atoms with Gasteiger partial charge in [0.25, 0.3) is 0 Å². The molecular weight excluding hydrogens is 200 g/mol. The largest absolute Gasteiger partial charge is 0.350 e. The first-order chi connectivity index (χ1) is 7.33. The molecule has 16 heavy (non-hydrogen) atoms. The number of hydrogen-bond acceptors (Lipinski definition) is 2. The third-order valence-corrected chi connectivity index (χ3v) is 3.62. The van der Waals surface area contributed by atoms with Crippen molar-refractivity contribution in [2.75, 3.05) is 6.61 Å². The Labute approximate surface area is 100 Å². The van der Waals surface area contributed by atoms with Crippen LogP contribution in [0, 0.1) is 5.41 Å². The lowest BCUT2D eigenvalue weighted by molar-refractivity contribution is -0.288. The zero-order valence-corrected chi connectivity index (χ0v) is 11.6. The Balaban J connectivity index is 2.83. The molecule has 0 aromatic rings. The van der Waals surface area contributed by atoms with Crippen LogP contribution >= 0.6 is 0 Å². The Kier molecular flexibility index (Phi) is 4.19. The van der Waals surface area contributed by atoms with E-state index in [4.69, 9.17) is 9.47 Å². The Morgan fingerprint density at radius 3 is 2.50 bits per heavy atom. The molecule has 0 saturated carbocycles. The van der Waals surface area contributed by atoms with Crippen molar-refractivity contribution in [3.05, 3.63) is 11.6 Å². The SMILES string of the molecule is CC=C(CC)C(C)(C)[C@@H]1CCOC(C)(C)O1. The van der Waals surface area contributed by atoms with Gasteiger partial charge in [-0.1, -0.05) is 32.4 Å². The van der Waals surface area contributed by atoms with Crippen molar-refractivity contribution < 1.29 is 9.47 Å². The molecule has 0 unspecified atom stereocenters. The zero-order valence-electron chi connectivity index (χ0n) is 11.6. The number of rotatable bonds is 3. The van der Waals surface area contributed by atoms with Crippen LogP contribution in [0.1, 0.15) is 54.4 Å². The van der Waals surface area contributed by atoms with Crippen LogP contribution in [0.4, 0.5) is 0 Å². The predicted molar refractivity (Wildman–Crippen MR) is 67.4 cm³/mol. The van der Waals surface area contributed by atoms with Gasteiger partial charge >= 0.3 is 0 Å². The van der Waals surface area contributed by atoms with Gasteiger partial charge in [-0.2, -0.15) is 0 Å². The molecular formula is C14H26O2. The summed E-state index contributed by atoms with van der Waals surface area (Å²) < 4.78 is 11.7. The standard InChI is InChI=1S/C14H26O2/c1-7-11(8-2)13(3,4)12-9-10-15-14(5,6)16-12/h7,12H,8-10H2,1-6H3/t12-/m0/s1. The molecule has 1 atom stereocenters. The minimum Gasteiger partial charge on any atom is -0.350 e. The molecule has 0 spiro atoms. The predicted octanol–water partition coefficient (Wildman–Crippen LogP) is 3.91. The van der Waals surface area contributed by atoms with Crippen LogP contribution in [-0.4, -0.2) is 18.5 Å². The van der Waals surface area contributed by atoms with Crippen LogP contribution in [0.25, 0.3) is 0 Å². The van der Waals surface area contributed by atoms with Gasteiger partial charge < -0.3 is 9.47 Å². The van der Waals surface area contributed by atoms with Crippen LogP contribution in [0.2, 0.25) is 0 Å². The first kappa shape index (κ1) is 13.7. The summed E-state index contributed by atoms with van der Waals surface area (Å²) in [7, 11) is 0. The first-order valence-electron chi connectivity index (χ1n) is 6.31. The molecule has 0 bridgehead atoms. The Hall–Kier alpha value is -0.340. The lowest BCUT2D eigenvalue weighted by Crippen LogP contribution is -2.46. The molecule has 0 radical (unpaired) electrons. The number of ether oxygens (including phenoxy) is 2. The fourth-order valence-corrected chi connectivity index (χ4v) is 2.59. The highest BCUT2D eigenvalue weighted by molar-refractivity contribution is 5.13. The molecule has 0 aromatic carbocycles. The van der Waals surface area contributed by atoms with Crippen molar-refractivity contribution in [2.45, 2.75) is 66.3 Å². The third-order valence-electron chi connectivity index (χ3n) is 3.62. The monoisotopic (exact) mass is 226 g/mol. The van der Waals surface area contributed by atoms with Crippen molar-refractivity contribution in [3.63, 3.8) is 0 Å². The molecule has 0 aliphatic carbocycles. The average Bonchev–Trinajstić information content (AvgIpc) is 2.17. The summed E-state index contributed by atoms with van der Waals surface area (Å²) in [4.78, 5) is 0. The normalized spacial score (nSPS) is 26.9. The third kappa shape index (κ3) is 2.86. The second kappa shape index (κ2) is 4.89. The molecule has 2 heteroatoms. The maximum Gasteiger partial charge on any atom is 0.163 e. The van der Waals surface area contributed by atoms with Crippen LogP contribution in [0.3, 0.4) is 0 Å². The van der Waals surface area contributed by atoms with Gasteiger partial charge in [-0.25, -0.2) is 0 Å². The average molecular weight is 226 g/mol. The molecule has 1 aliphatic rings. The van der Waals surface area contributed by atoms with Crippen molar-refractivity contribution in [1.29, 1.82) is 0 Å². The Bertz CT molecular complexity index is 264.